The molecule has 3 rings (SSSR count). The highest BCUT2D eigenvalue weighted by molar-refractivity contribution is 6.02. The predicted octanol–water partition coefficient (Wildman–Crippen LogP) is 1.02. The zero-order valence-electron chi connectivity index (χ0n) is 15.0. The Morgan fingerprint density at radius 3 is 3.05 bits per heavy atom. The van der Waals surface area contributed by atoms with Gasteiger partial charge in [-0.1, -0.05) is 12.6 Å². The predicted molar refractivity (Wildman–Crippen MR) is 71.0 cm³/mol. The quantitative estimate of drug-likeness (QED) is 0.742. The number of nitrogens with one attached hydrogen (secondary N) is 1. The Kier molecular flexibility index (Phi) is 1.59. The third kappa shape index (κ3) is 1.78. The summed E-state index contributed by atoms with van der Waals surface area (Å²) in [6, 6.07) is 1.77. The van der Waals surface area contributed by atoms with Crippen molar-refractivity contribution in [3.8, 4) is 0 Å². The van der Waals surface area contributed by atoms with E-state index in [1.807, 2.05) is 0 Å². The van der Waals surface area contributed by atoms with Crippen molar-refractivity contribution in [2.75, 3.05) is 5.73 Å². The molecule has 0 radical (unpaired) electrons. The summed E-state index contributed by atoms with van der Waals surface area (Å²) in [5, 5.41) is 2.09. The number of carbonyl (C=O) groups is 2. The van der Waals surface area contributed by atoms with Crippen LogP contribution in [0.4, 0.5) is 5.69 Å². The highest BCUT2D eigenvalue weighted by Gasteiger charge is 2.38. The zero-order valence-corrected chi connectivity index (χ0v) is 9.99. The monoisotopic (exact) mass is 262 g/mol. The van der Waals surface area contributed by atoms with Crippen LogP contribution >= 0.6 is 0 Å². The van der Waals surface area contributed by atoms with Gasteiger partial charge in [-0.2, -0.15) is 0 Å². The number of benzene rings is 1. The Bertz CT molecular complexity index is 795. The van der Waals surface area contributed by atoms with Gasteiger partial charge in [-0.15, -0.1) is 0 Å². The van der Waals surface area contributed by atoms with E-state index in [2.05, 4.69) is 11.9 Å². The van der Waals surface area contributed by atoms with Gasteiger partial charge in [-0.3, -0.25) is 9.59 Å². The van der Waals surface area contributed by atoms with Crippen molar-refractivity contribution >= 4 is 17.5 Å². The molecule has 2 heterocycles. The van der Waals surface area contributed by atoms with Gasteiger partial charge in [0.25, 0.3) is 5.91 Å². The summed E-state index contributed by atoms with van der Waals surface area (Å²) in [7, 11) is 0. The average molecular weight is 262 g/mol. The number of amides is 2. The number of anilines is 1. The van der Waals surface area contributed by atoms with Gasteiger partial charge >= 0.3 is 0 Å². The van der Waals surface area contributed by atoms with E-state index in [9.17, 15) is 9.59 Å². The van der Waals surface area contributed by atoms with Gasteiger partial charge in [-0.25, -0.2) is 0 Å². The number of piperidine rings is 1. The molecule has 1 aromatic carbocycles. The maximum Gasteiger partial charge on any atom is 0.255 e. The highest BCUT2D eigenvalue weighted by atomic mass is 16.2. The van der Waals surface area contributed by atoms with E-state index in [1.54, 1.807) is 12.1 Å². The van der Waals surface area contributed by atoms with Crippen LogP contribution in [0.2, 0.25) is 0 Å². The summed E-state index contributed by atoms with van der Waals surface area (Å²) in [5.74, 6) is -1.89. The second kappa shape index (κ2) is 4.12. The van der Waals surface area contributed by atoms with Gasteiger partial charge in [0.05, 0.1) is 1.37 Å². The van der Waals surface area contributed by atoms with Crippen LogP contribution in [0.15, 0.2) is 30.5 Å². The summed E-state index contributed by atoms with van der Waals surface area (Å²) in [6.45, 7) is 3.07. The smallest absolute Gasteiger partial charge is 0.255 e. The largest absolute Gasteiger partial charge is 0.398 e. The Morgan fingerprint density at radius 1 is 1.53 bits per heavy atom. The number of nitrogens with two attached hydrogens (primary N) is 1. The van der Waals surface area contributed by atoms with Crippen LogP contribution in [0.3, 0.4) is 0 Å². The Balaban J connectivity index is 2.15. The van der Waals surface area contributed by atoms with Crippen LogP contribution in [-0.4, -0.2) is 22.7 Å². The molecule has 19 heavy (non-hydrogen) atoms. The molecular formula is C14H15N3O2. The molecule has 5 heteroatoms. The Morgan fingerprint density at radius 2 is 2.32 bits per heavy atom. The molecule has 0 aliphatic carbocycles. The van der Waals surface area contributed by atoms with Crippen molar-refractivity contribution in [3.05, 3.63) is 41.6 Å². The number of nitrogens with zero attached hydrogens (tertiary/aromatic N) is 1. The zero-order chi connectivity index (χ0) is 18.1. The van der Waals surface area contributed by atoms with Crippen LogP contribution in [0.5, 0.6) is 0 Å². The molecule has 2 aliphatic rings. The minimum Gasteiger partial charge on any atom is -0.398 e. The second-order valence-electron chi connectivity index (χ2n) is 4.30. The van der Waals surface area contributed by atoms with Crippen molar-refractivity contribution in [2.45, 2.75) is 25.3 Å². The van der Waals surface area contributed by atoms with E-state index in [1.165, 1.54) is 6.07 Å². The maximum absolute atomic E-state index is 12.6. The number of hydrogen-bond donors (Lipinski definition) is 2. The maximum atomic E-state index is 12.6. The lowest BCUT2D eigenvalue weighted by molar-refractivity contribution is -0.126. The molecule has 0 bridgehead atoms. The van der Waals surface area contributed by atoms with Crippen LogP contribution < -0.4 is 11.1 Å². The summed E-state index contributed by atoms with van der Waals surface area (Å²) < 4.78 is 40.5. The standard InChI is InChI=1S/C14H15N3O2/c1-8-5-6-12(13(18)16-8)17-7-10-9(14(17)19)3-2-4-11(10)15/h2-4,12H,1,5-7,15H2,(H,16,18)/t12-/m1/s1/i5D2,6D2,12D. The fraction of sp³-hybridized carbons (Fsp3) is 0.286. The van der Waals surface area contributed by atoms with Gasteiger partial charge in [0, 0.05) is 34.5 Å². The topological polar surface area (TPSA) is 75.4 Å². The molecule has 1 atom stereocenters. The fourth-order valence-electron chi connectivity index (χ4n) is 2.15. The van der Waals surface area contributed by atoms with Crippen LogP contribution in [-0.2, 0) is 11.3 Å². The van der Waals surface area contributed by atoms with Crippen molar-refractivity contribution in [1.82, 2.24) is 10.2 Å². The lowest BCUT2D eigenvalue weighted by atomic mass is 10.0. The van der Waals surface area contributed by atoms with E-state index in [-0.39, 0.29) is 17.8 Å². The van der Waals surface area contributed by atoms with E-state index < -0.39 is 36.3 Å². The minimum atomic E-state index is -3.02. The average Bonchev–Trinajstić information content (AvgIpc) is 2.84. The number of allylic oxidation sites excluding steroid dienone is 1. The lowest BCUT2D eigenvalue weighted by Crippen LogP contribution is -2.49. The minimum absolute atomic E-state index is 0.176. The first-order valence-corrected chi connectivity index (χ1v) is 5.66. The molecule has 1 saturated heterocycles. The Hall–Kier alpha value is -2.30. The van der Waals surface area contributed by atoms with Crippen molar-refractivity contribution in [3.63, 3.8) is 0 Å². The van der Waals surface area contributed by atoms with E-state index in [0.717, 1.165) is 0 Å². The number of nitrogen functional groups attached to an aromatic ring is 1. The molecule has 2 amide bonds. The van der Waals surface area contributed by atoms with Crippen molar-refractivity contribution in [1.29, 1.82) is 0 Å². The first-order chi connectivity index (χ1) is 11.0. The number of carbonyl (C=O) groups excluding carboxylic acids is 2. The molecule has 5 nitrogen and oxygen atoms in total. The highest BCUT2D eigenvalue weighted by Crippen LogP contribution is 2.31. The van der Waals surface area contributed by atoms with E-state index >= 15 is 0 Å². The molecule has 0 spiro atoms. The molecule has 3 N–H and O–H groups in total. The Labute approximate surface area is 118 Å². The number of hydrogen-bond acceptors (Lipinski definition) is 3. The van der Waals surface area contributed by atoms with Crippen molar-refractivity contribution in [2.24, 2.45) is 0 Å². The molecular weight excluding hydrogens is 242 g/mol. The molecule has 2 aliphatic heterocycles. The van der Waals surface area contributed by atoms with Gasteiger partial charge in [0.2, 0.25) is 5.91 Å². The lowest BCUT2D eigenvalue weighted by Gasteiger charge is -2.30. The normalized spacial score (nSPS) is 35.5. The first-order valence-electron chi connectivity index (χ1n) is 8.16. The fourth-order valence-corrected chi connectivity index (χ4v) is 2.15. The van der Waals surface area contributed by atoms with Gasteiger partial charge in [-0.05, 0) is 24.9 Å². The summed E-state index contributed by atoms with van der Waals surface area (Å²) in [5.41, 5.74) is 6.20. The summed E-state index contributed by atoms with van der Waals surface area (Å²) in [4.78, 5) is 25.8. The third-order valence-corrected chi connectivity index (χ3v) is 3.09. The first kappa shape index (κ1) is 7.33. The van der Waals surface area contributed by atoms with Crippen molar-refractivity contribution < 1.29 is 16.4 Å². The van der Waals surface area contributed by atoms with E-state index in [0.29, 0.717) is 10.5 Å². The third-order valence-electron chi connectivity index (χ3n) is 3.09. The van der Waals surface area contributed by atoms with Crippen LogP contribution in [0, 0.1) is 0 Å². The van der Waals surface area contributed by atoms with Crippen LogP contribution in [0.25, 0.3) is 0 Å². The van der Waals surface area contributed by atoms with E-state index in [4.69, 9.17) is 12.6 Å². The number of rotatable bonds is 1. The molecule has 0 aromatic heterocycles. The van der Waals surface area contributed by atoms with Crippen LogP contribution in [0.1, 0.15) is 35.5 Å². The molecule has 98 valence electrons. The second-order valence-corrected chi connectivity index (χ2v) is 4.30. The SMILES string of the molecule is [2H]C1([2H])C(=C)NC(=O)[C@]([2H])(N2Cc3c(N)cccc3C2=O)C1([2H])[2H]. The molecule has 0 unspecified atom stereocenters. The summed E-state index contributed by atoms with van der Waals surface area (Å²) >= 11 is 0. The van der Waals surface area contributed by atoms with Gasteiger partial charge in [0.1, 0.15) is 6.02 Å². The molecule has 0 saturated carbocycles. The van der Waals surface area contributed by atoms with Gasteiger partial charge in [0.15, 0.2) is 0 Å². The molecule has 1 aromatic rings. The summed E-state index contributed by atoms with van der Waals surface area (Å²) in [6.07, 6.45) is -5.75. The number of fused-ring (bicyclic) bond motifs is 1. The van der Waals surface area contributed by atoms with Gasteiger partial charge < -0.3 is 16.0 Å². The molecule has 1 fully saturated rings.